The summed E-state index contributed by atoms with van der Waals surface area (Å²) in [4.78, 5) is 0. The standard InChI is InChI=1S/C15H29NO/c16-15(12-13-8-10-17-11-9-13)14-6-4-2-1-3-5-7-14/h13-15H,1-12,16H2. The third kappa shape index (κ3) is 4.59. The van der Waals surface area contributed by atoms with Crippen molar-refractivity contribution in [3.05, 3.63) is 0 Å². The van der Waals surface area contributed by atoms with Crippen LogP contribution in [0.2, 0.25) is 0 Å². The summed E-state index contributed by atoms with van der Waals surface area (Å²) in [6.07, 6.45) is 13.6. The summed E-state index contributed by atoms with van der Waals surface area (Å²) >= 11 is 0. The van der Waals surface area contributed by atoms with E-state index in [1.807, 2.05) is 0 Å². The maximum absolute atomic E-state index is 6.46. The molecule has 2 aliphatic rings. The first-order valence-corrected chi connectivity index (χ1v) is 7.69. The van der Waals surface area contributed by atoms with Gasteiger partial charge in [0.05, 0.1) is 0 Å². The lowest BCUT2D eigenvalue weighted by Gasteiger charge is -2.30. The van der Waals surface area contributed by atoms with Crippen molar-refractivity contribution in [2.24, 2.45) is 17.6 Å². The summed E-state index contributed by atoms with van der Waals surface area (Å²) in [5.74, 6) is 1.64. The van der Waals surface area contributed by atoms with Crippen molar-refractivity contribution in [2.75, 3.05) is 13.2 Å². The molecular formula is C15H29NO. The largest absolute Gasteiger partial charge is 0.381 e. The van der Waals surface area contributed by atoms with E-state index in [2.05, 4.69) is 0 Å². The van der Waals surface area contributed by atoms with Crippen LogP contribution < -0.4 is 5.73 Å². The van der Waals surface area contributed by atoms with Crippen molar-refractivity contribution in [3.8, 4) is 0 Å². The zero-order valence-electron chi connectivity index (χ0n) is 11.2. The molecular weight excluding hydrogens is 210 g/mol. The number of rotatable bonds is 3. The zero-order chi connectivity index (χ0) is 11.9. The van der Waals surface area contributed by atoms with Crippen LogP contribution >= 0.6 is 0 Å². The van der Waals surface area contributed by atoms with Crippen molar-refractivity contribution in [1.29, 1.82) is 0 Å². The van der Waals surface area contributed by atoms with Crippen LogP contribution in [0.1, 0.15) is 64.2 Å². The van der Waals surface area contributed by atoms with Gasteiger partial charge in [-0.1, -0.05) is 32.1 Å². The van der Waals surface area contributed by atoms with Gasteiger partial charge in [-0.3, -0.25) is 0 Å². The Balaban J connectivity index is 1.74. The van der Waals surface area contributed by atoms with Gasteiger partial charge >= 0.3 is 0 Å². The minimum Gasteiger partial charge on any atom is -0.381 e. The van der Waals surface area contributed by atoms with Gasteiger partial charge in [-0.25, -0.2) is 0 Å². The molecule has 0 aromatic carbocycles. The average molecular weight is 239 g/mol. The average Bonchev–Trinajstić information content (AvgIpc) is 2.29. The second kappa shape index (κ2) is 7.38. The van der Waals surface area contributed by atoms with Gasteiger partial charge in [0.1, 0.15) is 0 Å². The van der Waals surface area contributed by atoms with Gasteiger partial charge in [-0.15, -0.1) is 0 Å². The van der Waals surface area contributed by atoms with E-state index < -0.39 is 0 Å². The van der Waals surface area contributed by atoms with Crippen LogP contribution in [0.3, 0.4) is 0 Å². The number of ether oxygens (including phenoxy) is 1. The monoisotopic (exact) mass is 239 g/mol. The van der Waals surface area contributed by atoms with Crippen LogP contribution in [0, 0.1) is 11.8 Å². The Morgan fingerprint density at radius 2 is 1.47 bits per heavy atom. The molecule has 0 bridgehead atoms. The molecule has 1 aliphatic carbocycles. The van der Waals surface area contributed by atoms with E-state index >= 15 is 0 Å². The van der Waals surface area contributed by atoms with E-state index in [4.69, 9.17) is 10.5 Å². The molecule has 2 fully saturated rings. The SMILES string of the molecule is NC(CC1CCOCC1)C1CCCCCCC1. The van der Waals surface area contributed by atoms with Gasteiger partial charge in [0.2, 0.25) is 0 Å². The first-order valence-electron chi connectivity index (χ1n) is 7.69. The molecule has 2 rings (SSSR count). The smallest absolute Gasteiger partial charge is 0.0468 e. The number of nitrogens with two attached hydrogens (primary N) is 1. The lowest BCUT2D eigenvalue weighted by molar-refractivity contribution is 0.0591. The van der Waals surface area contributed by atoms with Gasteiger partial charge in [0.15, 0.2) is 0 Å². The molecule has 0 aromatic rings. The normalized spacial score (nSPS) is 27.4. The summed E-state index contributed by atoms with van der Waals surface area (Å²) in [7, 11) is 0. The molecule has 2 nitrogen and oxygen atoms in total. The van der Waals surface area contributed by atoms with Gasteiger partial charge in [-0.2, -0.15) is 0 Å². The fraction of sp³-hybridized carbons (Fsp3) is 1.00. The van der Waals surface area contributed by atoms with Crippen LogP contribution in [-0.2, 0) is 4.74 Å². The number of hydrogen-bond acceptors (Lipinski definition) is 2. The Kier molecular flexibility index (Phi) is 5.79. The first kappa shape index (κ1) is 13.4. The van der Waals surface area contributed by atoms with Gasteiger partial charge < -0.3 is 10.5 Å². The van der Waals surface area contributed by atoms with E-state index in [1.54, 1.807) is 0 Å². The molecule has 1 aliphatic heterocycles. The maximum atomic E-state index is 6.46. The fourth-order valence-corrected chi connectivity index (χ4v) is 3.48. The highest BCUT2D eigenvalue weighted by molar-refractivity contribution is 4.78. The highest BCUT2D eigenvalue weighted by Gasteiger charge is 2.23. The molecule has 2 N–H and O–H groups in total. The Hall–Kier alpha value is -0.0800. The summed E-state index contributed by atoms with van der Waals surface area (Å²) in [6.45, 7) is 1.92. The van der Waals surface area contributed by atoms with Crippen LogP contribution in [0.5, 0.6) is 0 Å². The van der Waals surface area contributed by atoms with E-state index in [0.717, 1.165) is 25.0 Å². The van der Waals surface area contributed by atoms with Crippen molar-refractivity contribution in [1.82, 2.24) is 0 Å². The van der Waals surface area contributed by atoms with Crippen LogP contribution in [0.25, 0.3) is 0 Å². The molecule has 0 radical (unpaired) electrons. The van der Waals surface area contributed by atoms with Crippen LogP contribution in [0.15, 0.2) is 0 Å². The molecule has 100 valence electrons. The third-order valence-electron chi connectivity index (χ3n) is 4.70. The molecule has 17 heavy (non-hydrogen) atoms. The van der Waals surface area contributed by atoms with E-state index in [1.165, 1.54) is 64.2 Å². The lowest BCUT2D eigenvalue weighted by atomic mass is 9.81. The summed E-state index contributed by atoms with van der Waals surface area (Å²) < 4.78 is 5.42. The Labute approximate surface area is 106 Å². The highest BCUT2D eigenvalue weighted by atomic mass is 16.5. The predicted molar refractivity (Wildman–Crippen MR) is 71.9 cm³/mol. The summed E-state index contributed by atoms with van der Waals surface area (Å²) in [5.41, 5.74) is 6.46. The molecule has 1 saturated heterocycles. The Morgan fingerprint density at radius 1 is 0.882 bits per heavy atom. The zero-order valence-corrected chi connectivity index (χ0v) is 11.2. The molecule has 0 amide bonds. The van der Waals surface area contributed by atoms with Crippen molar-refractivity contribution in [2.45, 2.75) is 70.3 Å². The van der Waals surface area contributed by atoms with E-state index in [0.29, 0.717) is 6.04 Å². The minimum atomic E-state index is 0.455. The molecule has 2 heteroatoms. The van der Waals surface area contributed by atoms with Gasteiger partial charge in [0, 0.05) is 19.3 Å². The molecule has 1 unspecified atom stereocenters. The van der Waals surface area contributed by atoms with Crippen molar-refractivity contribution < 1.29 is 4.74 Å². The Bertz CT molecular complexity index is 193. The van der Waals surface area contributed by atoms with E-state index in [9.17, 15) is 0 Å². The van der Waals surface area contributed by atoms with Crippen molar-refractivity contribution >= 4 is 0 Å². The summed E-state index contributed by atoms with van der Waals surface area (Å²) in [6, 6.07) is 0.455. The quantitative estimate of drug-likeness (QED) is 0.818. The molecule has 1 heterocycles. The van der Waals surface area contributed by atoms with Crippen LogP contribution in [0.4, 0.5) is 0 Å². The maximum Gasteiger partial charge on any atom is 0.0468 e. The van der Waals surface area contributed by atoms with Crippen LogP contribution in [-0.4, -0.2) is 19.3 Å². The molecule has 1 atom stereocenters. The van der Waals surface area contributed by atoms with Gasteiger partial charge in [-0.05, 0) is 43.9 Å². The second-order valence-corrected chi connectivity index (χ2v) is 6.06. The first-order chi connectivity index (χ1) is 8.36. The fourth-order valence-electron chi connectivity index (χ4n) is 3.48. The predicted octanol–water partition coefficient (Wildman–Crippen LogP) is 3.49. The second-order valence-electron chi connectivity index (χ2n) is 6.06. The minimum absolute atomic E-state index is 0.455. The summed E-state index contributed by atoms with van der Waals surface area (Å²) in [5, 5.41) is 0. The molecule has 0 spiro atoms. The highest BCUT2D eigenvalue weighted by Crippen LogP contribution is 2.29. The third-order valence-corrected chi connectivity index (χ3v) is 4.70. The topological polar surface area (TPSA) is 35.2 Å². The van der Waals surface area contributed by atoms with Gasteiger partial charge in [0.25, 0.3) is 0 Å². The Morgan fingerprint density at radius 3 is 2.12 bits per heavy atom. The molecule has 0 aromatic heterocycles. The lowest BCUT2D eigenvalue weighted by Crippen LogP contribution is -2.34. The van der Waals surface area contributed by atoms with E-state index in [-0.39, 0.29) is 0 Å². The number of hydrogen-bond donors (Lipinski definition) is 1. The molecule has 1 saturated carbocycles. The van der Waals surface area contributed by atoms with Crippen molar-refractivity contribution in [3.63, 3.8) is 0 Å².